The largest absolute Gasteiger partial charge is 0.480 e. The Hall–Kier alpha value is -2.06. The fraction of sp³-hybridized carbons (Fsp3) is 0.364. The average Bonchev–Trinajstić information content (AvgIpc) is 2.59. The van der Waals surface area contributed by atoms with Gasteiger partial charge in [0.25, 0.3) is 0 Å². The minimum absolute atomic E-state index is 0.0523. The second kappa shape index (κ2) is 6.45. The molecular formula is C22H26O2. The molecule has 1 heterocycles. The number of benzene rings is 2. The van der Waals surface area contributed by atoms with Gasteiger partial charge in [0.15, 0.2) is 5.60 Å². The van der Waals surface area contributed by atoms with Crippen LogP contribution in [-0.2, 0) is 17.8 Å². The quantitative estimate of drug-likeness (QED) is 0.731. The van der Waals surface area contributed by atoms with Gasteiger partial charge in [-0.2, -0.15) is 0 Å². The topological polar surface area (TPSA) is 18.5 Å². The van der Waals surface area contributed by atoms with Crippen LogP contribution < -0.4 is 4.74 Å². The van der Waals surface area contributed by atoms with Crippen molar-refractivity contribution in [1.29, 1.82) is 0 Å². The SMILES string of the molecule is C=CC1(C)Oc2c(C)c(C)cc(C)c2CC1OCc1ccccc1. The molecule has 2 nitrogen and oxygen atoms in total. The van der Waals surface area contributed by atoms with E-state index in [4.69, 9.17) is 9.47 Å². The first-order chi connectivity index (χ1) is 11.4. The van der Waals surface area contributed by atoms with Gasteiger partial charge in [-0.05, 0) is 56.0 Å². The molecule has 0 N–H and O–H groups in total. The molecule has 24 heavy (non-hydrogen) atoms. The van der Waals surface area contributed by atoms with E-state index in [-0.39, 0.29) is 6.10 Å². The first-order valence-electron chi connectivity index (χ1n) is 8.52. The lowest BCUT2D eigenvalue weighted by Gasteiger charge is -2.41. The molecule has 0 bridgehead atoms. The smallest absolute Gasteiger partial charge is 0.150 e. The Morgan fingerprint density at radius 3 is 2.58 bits per heavy atom. The molecule has 0 aliphatic carbocycles. The number of hydrogen-bond donors (Lipinski definition) is 0. The van der Waals surface area contributed by atoms with E-state index in [1.807, 2.05) is 24.3 Å². The molecule has 2 atom stereocenters. The van der Waals surface area contributed by atoms with E-state index in [0.717, 1.165) is 12.2 Å². The summed E-state index contributed by atoms with van der Waals surface area (Å²) in [5.74, 6) is 1.01. The third-order valence-corrected chi connectivity index (χ3v) is 5.17. The van der Waals surface area contributed by atoms with E-state index in [1.165, 1.54) is 27.8 Å². The molecule has 0 amide bonds. The third-order valence-electron chi connectivity index (χ3n) is 5.17. The highest BCUT2D eigenvalue weighted by atomic mass is 16.6. The summed E-state index contributed by atoms with van der Waals surface area (Å²) < 4.78 is 12.7. The summed E-state index contributed by atoms with van der Waals surface area (Å²) in [6.45, 7) is 13.1. The predicted molar refractivity (Wildman–Crippen MR) is 98.6 cm³/mol. The highest BCUT2D eigenvalue weighted by molar-refractivity contribution is 5.52. The van der Waals surface area contributed by atoms with Crippen LogP contribution in [0.4, 0.5) is 0 Å². The molecular weight excluding hydrogens is 296 g/mol. The number of rotatable bonds is 4. The van der Waals surface area contributed by atoms with Gasteiger partial charge in [0.05, 0.1) is 6.61 Å². The van der Waals surface area contributed by atoms with Gasteiger partial charge in [0.1, 0.15) is 11.9 Å². The summed E-state index contributed by atoms with van der Waals surface area (Å²) in [6, 6.07) is 12.5. The third kappa shape index (κ3) is 2.99. The van der Waals surface area contributed by atoms with Crippen molar-refractivity contribution in [3.63, 3.8) is 0 Å². The van der Waals surface area contributed by atoms with Crippen LogP contribution in [0.25, 0.3) is 0 Å². The lowest BCUT2D eigenvalue weighted by Crippen LogP contribution is -2.49. The molecule has 0 fully saturated rings. The van der Waals surface area contributed by atoms with Crippen molar-refractivity contribution in [3.05, 3.63) is 76.9 Å². The van der Waals surface area contributed by atoms with Crippen LogP contribution in [-0.4, -0.2) is 11.7 Å². The molecule has 0 aromatic heterocycles. The molecule has 2 heteroatoms. The van der Waals surface area contributed by atoms with Crippen LogP contribution in [0.5, 0.6) is 5.75 Å². The van der Waals surface area contributed by atoms with Crippen LogP contribution in [0, 0.1) is 20.8 Å². The zero-order valence-corrected chi connectivity index (χ0v) is 15.1. The van der Waals surface area contributed by atoms with Gasteiger partial charge in [0.2, 0.25) is 0 Å². The van der Waals surface area contributed by atoms with E-state index in [2.05, 4.69) is 52.5 Å². The van der Waals surface area contributed by atoms with Gasteiger partial charge >= 0.3 is 0 Å². The first-order valence-corrected chi connectivity index (χ1v) is 8.52. The number of ether oxygens (including phenoxy) is 2. The molecule has 126 valence electrons. The maximum atomic E-state index is 6.42. The van der Waals surface area contributed by atoms with Crippen molar-refractivity contribution >= 4 is 0 Å². The van der Waals surface area contributed by atoms with Crippen LogP contribution in [0.1, 0.15) is 34.7 Å². The monoisotopic (exact) mass is 322 g/mol. The van der Waals surface area contributed by atoms with Crippen LogP contribution >= 0.6 is 0 Å². The van der Waals surface area contributed by atoms with Crippen molar-refractivity contribution in [1.82, 2.24) is 0 Å². The Morgan fingerprint density at radius 2 is 1.92 bits per heavy atom. The van der Waals surface area contributed by atoms with Crippen molar-refractivity contribution in [2.24, 2.45) is 0 Å². The Kier molecular flexibility index (Phi) is 4.51. The second-order valence-electron chi connectivity index (χ2n) is 6.92. The number of hydrogen-bond acceptors (Lipinski definition) is 2. The Labute approximate surface area is 145 Å². The molecule has 2 unspecified atom stereocenters. The van der Waals surface area contributed by atoms with E-state index in [9.17, 15) is 0 Å². The van der Waals surface area contributed by atoms with E-state index in [1.54, 1.807) is 0 Å². The first kappa shape index (κ1) is 16.8. The fourth-order valence-corrected chi connectivity index (χ4v) is 3.34. The zero-order chi connectivity index (χ0) is 17.3. The lowest BCUT2D eigenvalue weighted by atomic mass is 9.85. The summed E-state index contributed by atoms with van der Waals surface area (Å²) in [7, 11) is 0. The van der Waals surface area contributed by atoms with E-state index in [0.29, 0.717) is 6.61 Å². The average molecular weight is 322 g/mol. The Balaban J connectivity index is 1.90. The maximum Gasteiger partial charge on any atom is 0.150 e. The Morgan fingerprint density at radius 1 is 1.21 bits per heavy atom. The van der Waals surface area contributed by atoms with Crippen molar-refractivity contribution in [2.45, 2.75) is 52.4 Å². The van der Waals surface area contributed by atoms with E-state index >= 15 is 0 Å². The normalized spacial score (nSPS) is 22.6. The van der Waals surface area contributed by atoms with Crippen molar-refractivity contribution in [2.75, 3.05) is 0 Å². The molecule has 0 saturated carbocycles. The van der Waals surface area contributed by atoms with Crippen molar-refractivity contribution < 1.29 is 9.47 Å². The number of fused-ring (bicyclic) bond motifs is 1. The summed E-state index contributed by atoms with van der Waals surface area (Å²) in [4.78, 5) is 0. The molecule has 3 rings (SSSR count). The minimum atomic E-state index is -0.521. The fourth-order valence-electron chi connectivity index (χ4n) is 3.34. The lowest BCUT2D eigenvalue weighted by molar-refractivity contribution is -0.0756. The number of aryl methyl sites for hydroxylation is 2. The highest BCUT2D eigenvalue weighted by Gasteiger charge is 2.40. The Bertz CT molecular complexity index is 748. The van der Waals surface area contributed by atoms with Gasteiger partial charge in [-0.25, -0.2) is 0 Å². The summed E-state index contributed by atoms with van der Waals surface area (Å²) in [5, 5.41) is 0. The van der Waals surface area contributed by atoms with Gasteiger partial charge < -0.3 is 9.47 Å². The van der Waals surface area contributed by atoms with Gasteiger partial charge in [-0.1, -0.05) is 43.0 Å². The van der Waals surface area contributed by atoms with Gasteiger partial charge in [0, 0.05) is 12.0 Å². The van der Waals surface area contributed by atoms with Crippen molar-refractivity contribution in [3.8, 4) is 5.75 Å². The molecule has 2 aromatic carbocycles. The summed E-state index contributed by atoms with van der Waals surface area (Å²) in [5.41, 5.74) is 5.66. The van der Waals surface area contributed by atoms with Crippen LogP contribution in [0.2, 0.25) is 0 Å². The van der Waals surface area contributed by atoms with E-state index < -0.39 is 5.60 Å². The molecule has 2 aromatic rings. The molecule has 0 spiro atoms. The maximum absolute atomic E-state index is 6.42. The highest BCUT2D eigenvalue weighted by Crippen LogP contribution is 2.40. The van der Waals surface area contributed by atoms with Gasteiger partial charge in [-0.15, -0.1) is 0 Å². The molecule has 1 aliphatic heterocycles. The minimum Gasteiger partial charge on any atom is -0.480 e. The summed E-state index contributed by atoms with van der Waals surface area (Å²) in [6.07, 6.45) is 2.67. The summed E-state index contributed by atoms with van der Waals surface area (Å²) >= 11 is 0. The standard InChI is InChI=1S/C22H26O2/c1-6-22(5)20(23-14-18-10-8-7-9-11-18)13-19-16(3)12-15(2)17(4)21(19)24-22/h6-12,20H,1,13-14H2,2-5H3. The molecule has 0 saturated heterocycles. The van der Waals surface area contributed by atoms with Gasteiger partial charge in [-0.3, -0.25) is 0 Å². The molecule has 1 aliphatic rings. The van der Waals surface area contributed by atoms with Crippen LogP contribution in [0.3, 0.4) is 0 Å². The predicted octanol–water partition coefficient (Wildman–Crippen LogP) is 5.08. The zero-order valence-electron chi connectivity index (χ0n) is 15.1. The second-order valence-corrected chi connectivity index (χ2v) is 6.92. The van der Waals surface area contributed by atoms with Crippen LogP contribution in [0.15, 0.2) is 49.1 Å². The molecule has 0 radical (unpaired) electrons.